The van der Waals surface area contributed by atoms with Crippen LogP contribution in [0.1, 0.15) is 24.8 Å². The maximum atomic E-state index is 12.1. The van der Waals surface area contributed by atoms with Gasteiger partial charge >= 0.3 is 0 Å². The predicted molar refractivity (Wildman–Crippen MR) is 79.4 cm³/mol. The molecule has 1 aromatic carbocycles. The molecule has 0 aromatic heterocycles. The van der Waals surface area contributed by atoms with Gasteiger partial charge in [0.05, 0.1) is 14.1 Å². The Kier molecular flexibility index (Phi) is 5.83. The first-order valence-electron chi connectivity index (χ1n) is 6.67. The Morgan fingerprint density at radius 3 is 2.58 bits per heavy atom. The standard InChI is InChI=1S/C15H22N2O.ClH/c1-17(2,12-13-8-4-3-5-9-13)14-10-6-7-11-16-15(14)18;/h3-5,8-9,14H,6-7,10-12H2,1-2H3;1H. The smallest absolute Gasteiger partial charge is 0.117 e. The molecule has 106 valence electrons. The van der Waals surface area contributed by atoms with Crippen molar-refractivity contribution < 1.29 is 9.59 Å². The third kappa shape index (κ3) is 4.22. The molecular formula is C15H23ClN2O. The molecule has 1 aliphatic heterocycles. The topological polar surface area (TPSA) is 35.4 Å². The predicted octanol–water partition coefficient (Wildman–Crippen LogP) is 2.00. The van der Waals surface area contributed by atoms with Gasteiger partial charge in [-0.1, -0.05) is 30.3 Å². The first kappa shape index (κ1) is 16.0. The van der Waals surface area contributed by atoms with Gasteiger partial charge in [0.2, 0.25) is 0 Å². The lowest BCUT2D eigenvalue weighted by molar-refractivity contribution is -0.920. The summed E-state index contributed by atoms with van der Waals surface area (Å²) in [6, 6.07) is 10.4. The molecular weight excluding hydrogens is 260 g/mol. The monoisotopic (exact) mass is 282 g/mol. The van der Waals surface area contributed by atoms with E-state index in [9.17, 15) is 5.11 Å². The highest BCUT2D eigenvalue weighted by Crippen LogP contribution is 2.20. The second-order valence-corrected chi connectivity index (χ2v) is 5.65. The molecule has 0 N–H and O–H groups in total. The molecule has 1 aliphatic rings. The van der Waals surface area contributed by atoms with Crippen molar-refractivity contribution in [2.45, 2.75) is 31.8 Å². The fourth-order valence-corrected chi connectivity index (χ4v) is 2.68. The molecule has 1 unspecified atom stereocenters. The highest BCUT2D eigenvalue weighted by Gasteiger charge is 2.29. The summed E-state index contributed by atoms with van der Waals surface area (Å²) in [5.74, 6) is 0.0911. The van der Waals surface area contributed by atoms with Crippen LogP contribution in [-0.2, 0) is 6.54 Å². The van der Waals surface area contributed by atoms with Crippen molar-refractivity contribution in [2.75, 3.05) is 20.6 Å². The van der Waals surface area contributed by atoms with Crippen LogP contribution in [0.4, 0.5) is 0 Å². The third-order valence-electron chi connectivity index (χ3n) is 3.72. The van der Waals surface area contributed by atoms with Crippen molar-refractivity contribution in [3.8, 4) is 0 Å². The Morgan fingerprint density at radius 2 is 1.89 bits per heavy atom. The highest BCUT2D eigenvalue weighted by molar-refractivity contribution is 5.85. The van der Waals surface area contributed by atoms with Crippen molar-refractivity contribution >= 4 is 18.3 Å². The molecule has 0 fully saturated rings. The molecule has 0 amide bonds. The maximum absolute atomic E-state index is 12.1. The van der Waals surface area contributed by atoms with Crippen LogP contribution in [0, 0.1) is 0 Å². The van der Waals surface area contributed by atoms with Crippen molar-refractivity contribution in [3.63, 3.8) is 0 Å². The zero-order chi connectivity index (χ0) is 13.0. The summed E-state index contributed by atoms with van der Waals surface area (Å²) < 4.78 is 0.701. The summed E-state index contributed by atoms with van der Waals surface area (Å²) >= 11 is 0. The molecule has 2 rings (SSSR count). The van der Waals surface area contributed by atoms with Gasteiger partial charge in [-0.25, -0.2) is 0 Å². The highest BCUT2D eigenvalue weighted by atomic mass is 35.5. The van der Waals surface area contributed by atoms with Gasteiger partial charge in [-0.05, 0) is 12.8 Å². The van der Waals surface area contributed by atoms with E-state index in [-0.39, 0.29) is 24.3 Å². The zero-order valence-electron chi connectivity index (χ0n) is 11.7. The van der Waals surface area contributed by atoms with Crippen LogP contribution in [0.3, 0.4) is 0 Å². The minimum atomic E-state index is 0. The number of aliphatic imine (C=N–C) groups is 1. The van der Waals surface area contributed by atoms with E-state index in [2.05, 4.69) is 43.4 Å². The minimum absolute atomic E-state index is 0. The molecule has 1 aromatic rings. The molecule has 3 nitrogen and oxygen atoms in total. The number of nitrogens with zero attached hydrogens (tertiary/aromatic N) is 2. The lowest BCUT2D eigenvalue weighted by atomic mass is 10.1. The van der Waals surface area contributed by atoms with Gasteiger partial charge in [0, 0.05) is 24.4 Å². The quantitative estimate of drug-likeness (QED) is 0.781. The fraction of sp³-hybridized carbons (Fsp3) is 0.533. The number of hydrogen-bond acceptors (Lipinski definition) is 2. The molecule has 0 aliphatic carbocycles. The van der Waals surface area contributed by atoms with E-state index in [1.54, 1.807) is 0 Å². The molecule has 1 atom stereocenters. The van der Waals surface area contributed by atoms with Crippen LogP contribution in [0.5, 0.6) is 0 Å². The van der Waals surface area contributed by atoms with E-state index in [1.807, 2.05) is 6.07 Å². The molecule has 0 saturated heterocycles. The third-order valence-corrected chi connectivity index (χ3v) is 3.72. The summed E-state index contributed by atoms with van der Waals surface area (Å²) in [7, 11) is 4.27. The number of halogens is 1. The summed E-state index contributed by atoms with van der Waals surface area (Å²) in [5.41, 5.74) is 1.28. The van der Waals surface area contributed by atoms with Crippen molar-refractivity contribution in [1.82, 2.24) is 0 Å². The molecule has 4 heteroatoms. The van der Waals surface area contributed by atoms with Crippen LogP contribution >= 0.6 is 12.4 Å². The van der Waals surface area contributed by atoms with Gasteiger partial charge in [-0.3, -0.25) is 4.99 Å². The van der Waals surface area contributed by atoms with Crippen molar-refractivity contribution in [3.05, 3.63) is 35.9 Å². The van der Waals surface area contributed by atoms with Gasteiger partial charge in [0.1, 0.15) is 12.6 Å². The number of likely N-dealkylation sites (N-methyl/N-ethyl adjacent to an activating group) is 1. The van der Waals surface area contributed by atoms with E-state index in [0.717, 1.165) is 25.8 Å². The number of benzene rings is 1. The Labute approximate surface area is 122 Å². The zero-order valence-corrected chi connectivity index (χ0v) is 12.5. The van der Waals surface area contributed by atoms with E-state index in [0.29, 0.717) is 11.0 Å². The Hall–Kier alpha value is -1.06. The van der Waals surface area contributed by atoms with Gasteiger partial charge in [-0.2, -0.15) is 0 Å². The van der Waals surface area contributed by atoms with Crippen LogP contribution in [-0.4, -0.2) is 37.1 Å². The molecule has 0 radical (unpaired) electrons. The average Bonchev–Trinajstić information content (AvgIpc) is 2.55. The van der Waals surface area contributed by atoms with Crippen LogP contribution in [0.25, 0.3) is 0 Å². The van der Waals surface area contributed by atoms with E-state index in [4.69, 9.17) is 0 Å². The Morgan fingerprint density at radius 1 is 1.21 bits per heavy atom. The van der Waals surface area contributed by atoms with Gasteiger partial charge in [0.25, 0.3) is 0 Å². The summed E-state index contributed by atoms with van der Waals surface area (Å²) in [4.78, 5) is 4.16. The molecule has 1 heterocycles. The SMILES string of the molecule is C[N+](C)(Cc1ccccc1)C1CCCCN=C1[O-].Cl. The Balaban J connectivity index is 0.00000180. The first-order valence-corrected chi connectivity index (χ1v) is 6.67. The second-order valence-electron chi connectivity index (χ2n) is 5.65. The molecule has 0 spiro atoms. The lowest BCUT2D eigenvalue weighted by Gasteiger charge is -2.40. The summed E-state index contributed by atoms with van der Waals surface area (Å²) in [5, 5.41) is 12.1. The largest absolute Gasteiger partial charge is 0.858 e. The van der Waals surface area contributed by atoms with Crippen molar-refractivity contribution in [2.24, 2.45) is 4.99 Å². The van der Waals surface area contributed by atoms with E-state index >= 15 is 0 Å². The van der Waals surface area contributed by atoms with Crippen LogP contribution < -0.4 is 5.11 Å². The summed E-state index contributed by atoms with van der Waals surface area (Å²) in [6.07, 6.45) is 3.12. The van der Waals surface area contributed by atoms with Crippen LogP contribution in [0.2, 0.25) is 0 Å². The van der Waals surface area contributed by atoms with Crippen LogP contribution in [0.15, 0.2) is 35.3 Å². The van der Waals surface area contributed by atoms with Gasteiger partial charge < -0.3 is 9.59 Å². The normalized spacial score (nSPS) is 20.1. The summed E-state index contributed by atoms with van der Waals surface area (Å²) in [6.45, 7) is 1.59. The molecule has 19 heavy (non-hydrogen) atoms. The maximum Gasteiger partial charge on any atom is 0.117 e. The Bertz CT molecular complexity index is 417. The molecule has 0 saturated carbocycles. The fourth-order valence-electron chi connectivity index (χ4n) is 2.68. The van der Waals surface area contributed by atoms with Gasteiger partial charge in [-0.15, -0.1) is 12.4 Å². The van der Waals surface area contributed by atoms with Crippen molar-refractivity contribution in [1.29, 1.82) is 0 Å². The van der Waals surface area contributed by atoms with E-state index in [1.165, 1.54) is 5.56 Å². The lowest BCUT2D eigenvalue weighted by Crippen LogP contribution is -2.55. The molecule has 0 bridgehead atoms. The average molecular weight is 283 g/mol. The number of quaternary nitrogens is 1. The van der Waals surface area contributed by atoms with E-state index < -0.39 is 0 Å². The first-order chi connectivity index (χ1) is 8.59. The van der Waals surface area contributed by atoms with Gasteiger partial charge in [0.15, 0.2) is 0 Å². The number of rotatable bonds is 3. The minimum Gasteiger partial charge on any atom is -0.858 e. The number of hydrogen-bond donors (Lipinski definition) is 0. The second kappa shape index (κ2) is 6.92.